The fraction of sp³-hybridized carbons (Fsp3) is 0. The Morgan fingerprint density at radius 1 is 0.350 bits per heavy atom. The third kappa shape index (κ3) is 5.59. The largest absolute Gasteiger partial charge is 0.438 e. The monoisotopic (exact) mass is 766 g/mol. The van der Waals surface area contributed by atoms with Crippen molar-refractivity contribution in [2.24, 2.45) is 0 Å². The van der Waals surface area contributed by atoms with Crippen molar-refractivity contribution < 1.29 is 4.42 Å². The predicted octanol–water partition coefficient (Wildman–Crippen LogP) is 14.4. The van der Waals surface area contributed by atoms with Gasteiger partial charge in [-0.25, -0.2) is 15.0 Å². The molecule has 0 aliphatic rings. The average Bonchev–Trinajstić information content (AvgIpc) is 3.88. The summed E-state index contributed by atoms with van der Waals surface area (Å²) < 4.78 is 8.64. The number of fused-ring (bicyclic) bond motifs is 8. The molecule has 0 amide bonds. The molecule has 0 aliphatic heterocycles. The Labute approximate surface area is 345 Å². The van der Waals surface area contributed by atoms with Gasteiger partial charge in [0.05, 0.1) is 33.5 Å². The van der Waals surface area contributed by atoms with E-state index in [4.69, 9.17) is 19.4 Å². The third-order valence-corrected chi connectivity index (χ3v) is 11.6. The van der Waals surface area contributed by atoms with Gasteiger partial charge in [0.2, 0.25) is 5.71 Å². The van der Waals surface area contributed by atoms with Crippen LogP contribution in [0.15, 0.2) is 211 Å². The number of nitrogens with zero attached hydrogens (tertiary/aromatic N) is 4. The van der Waals surface area contributed by atoms with Gasteiger partial charge < -0.3 is 8.98 Å². The summed E-state index contributed by atoms with van der Waals surface area (Å²) in [4.78, 5) is 15.7. The molecule has 4 heterocycles. The zero-order valence-corrected chi connectivity index (χ0v) is 32.3. The lowest BCUT2D eigenvalue weighted by Gasteiger charge is -2.13. The fourth-order valence-corrected chi connectivity index (χ4v) is 8.81. The van der Waals surface area contributed by atoms with Crippen LogP contribution in [0.4, 0.5) is 0 Å². The number of aromatic nitrogens is 4. The Balaban J connectivity index is 1.01. The molecular formula is C55H34N4O. The highest BCUT2D eigenvalue weighted by Gasteiger charge is 2.18. The van der Waals surface area contributed by atoms with Crippen LogP contribution in [0.25, 0.3) is 117 Å². The fourth-order valence-electron chi connectivity index (χ4n) is 8.81. The number of furan rings is 1. The van der Waals surface area contributed by atoms with E-state index in [1.54, 1.807) is 0 Å². The Hall–Kier alpha value is -8.15. The normalized spacial score (nSPS) is 11.7. The number of pyridine rings is 1. The van der Waals surface area contributed by atoms with Crippen LogP contribution in [0.5, 0.6) is 0 Å². The number of benzene rings is 8. The van der Waals surface area contributed by atoms with Crippen LogP contribution in [0.3, 0.4) is 0 Å². The lowest BCUT2D eigenvalue weighted by Crippen LogP contribution is -1.98. The Morgan fingerprint density at radius 3 is 1.68 bits per heavy atom. The van der Waals surface area contributed by atoms with Crippen LogP contribution in [0.2, 0.25) is 0 Å². The first-order valence-corrected chi connectivity index (χ1v) is 20.2. The molecule has 0 atom stereocenters. The van der Waals surface area contributed by atoms with Crippen LogP contribution in [-0.2, 0) is 0 Å². The Bertz CT molecular complexity index is 3550. The molecule has 0 bridgehead atoms. The van der Waals surface area contributed by atoms with Gasteiger partial charge in [0.15, 0.2) is 5.82 Å². The van der Waals surface area contributed by atoms with Crippen LogP contribution < -0.4 is 0 Å². The van der Waals surface area contributed by atoms with E-state index in [-0.39, 0.29) is 0 Å². The first kappa shape index (κ1) is 33.9. The summed E-state index contributed by atoms with van der Waals surface area (Å²) in [5.74, 6) is 0.655. The van der Waals surface area contributed by atoms with Crippen LogP contribution in [-0.4, -0.2) is 19.5 Å². The van der Waals surface area contributed by atoms with Gasteiger partial charge in [-0.2, -0.15) is 0 Å². The predicted molar refractivity (Wildman–Crippen MR) is 246 cm³/mol. The molecule has 60 heavy (non-hydrogen) atoms. The van der Waals surface area contributed by atoms with Crippen molar-refractivity contribution in [2.75, 3.05) is 0 Å². The first-order valence-electron chi connectivity index (χ1n) is 20.2. The molecule has 0 N–H and O–H groups in total. The summed E-state index contributed by atoms with van der Waals surface area (Å²) in [5.41, 5.74) is 13.6. The maximum absolute atomic E-state index is 6.31. The standard InChI is InChI=1S/C55H34N4O/c1-2-14-35(15-3-1)38-16-12-17-39(32-38)48-34-47(56-54(57-48)40-18-13-19-41(33-40)59-49-25-9-6-20-42(49)43-21-7-10-26-50(43)59)36-28-30-37(31-29-36)53-45-23-5-4-22-44(45)52-46-24-8-11-27-51(46)60-55(52)58-53/h1-34H. The summed E-state index contributed by atoms with van der Waals surface area (Å²) in [6.45, 7) is 0. The van der Waals surface area contributed by atoms with Crippen molar-refractivity contribution in [2.45, 2.75) is 0 Å². The second kappa shape index (κ2) is 13.8. The topological polar surface area (TPSA) is 56.7 Å². The highest BCUT2D eigenvalue weighted by Crippen LogP contribution is 2.39. The van der Waals surface area contributed by atoms with Gasteiger partial charge in [0.25, 0.3) is 0 Å². The summed E-state index contributed by atoms with van der Waals surface area (Å²) in [7, 11) is 0. The number of hydrogen-bond acceptors (Lipinski definition) is 4. The summed E-state index contributed by atoms with van der Waals surface area (Å²) >= 11 is 0. The second-order valence-electron chi connectivity index (χ2n) is 15.2. The van der Waals surface area contributed by atoms with E-state index in [1.165, 1.54) is 10.8 Å². The van der Waals surface area contributed by atoms with Gasteiger partial charge in [-0.15, -0.1) is 0 Å². The zero-order valence-electron chi connectivity index (χ0n) is 32.3. The maximum atomic E-state index is 6.31. The summed E-state index contributed by atoms with van der Waals surface area (Å²) in [5, 5.41) is 6.77. The quantitative estimate of drug-likeness (QED) is 0.169. The number of hydrogen-bond donors (Lipinski definition) is 0. The van der Waals surface area contributed by atoms with Crippen molar-refractivity contribution >= 4 is 54.6 Å². The molecule has 5 nitrogen and oxygen atoms in total. The highest BCUT2D eigenvalue weighted by molar-refractivity contribution is 6.20. The Kier molecular flexibility index (Phi) is 7.78. The third-order valence-electron chi connectivity index (χ3n) is 11.6. The van der Waals surface area contributed by atoms with E-state index in [0.717, 1.165) is 94.3 Å². The summed E-state index contributed by atoms with van der Waals surface area (Å²) in [6.07, 6.45) is 0. The number of para-hydroxylation sites is 3. The molecule has 280 valence electrons. The molecule has 0 unspecified atom stereocenters. The molecule has 12 aromatic rings. The van der Waals surface area contributed by atoms with Crippen LogP contribution in [0, 0.1) is 0 Å². The van der Waals surface area contributed by atoms with Gasteiger partial charge in [0, 0.05) is 49.5 Å². The molecule has 0 radical (unpaired) electrons. The van der Waals surface area contributed by atoms with Crippen molar-refractivity contribution in [3.8, 4) is 62.0 Å². The molecule has 4 aromatic heterocycles. The van der Waals surface area contributed by atoms with E-state index < -0.39 is 0 Å². The van der Waals surface area contributed by atoms with E-state index in [9.17, 15) is 0 Å². The minimum absolute atomic E-state index is 0.639. The van der Waals surface area contributed by atoms with Crippen molar-refractivity contribution in [1.82, 2.24) is 19.5 Å². The maximum Gasteiger partial charge on any atom is 0.228 e. The number of rotatable bonds is 6. The van der Waals surface area contributed by atoms with E-state index in [0.29, 0.717) is 11.5 Å². The smallest absolute Gasteiger partial charge is 0.228 e. The molecule has 0 spiro atoms. The molecule has 0 saturated carbocycles. The molecule has 12 rings (SSSR count). The van der Waals surface area contributed by atoms with E-state index in [2.05, 4.69) is 187 Å². The molecule has 0 fully saturated rings. The van der Waals surface area contributed by atoms with Crippen LogP contribution >= 0.6 is 0 Å². The average molecular weight is 767 g/mol. The van der Waals surface area contributed by atoms with Crippen molar-refractivity contribution in [1.29, 1.82) is 0 Å². The van der Waals surface area contributed by atoms with Crippen molar-refractivity contribution in [3.05, 3.63) is 206 Å². The lowest BCUT2D eigenvalue weighted by molar-refractivity contribution is 0.655. The zero-order chi connectivity index (χ0) is 39.6. The summed E-state index contributed by atoms with van der Waals surface area (Å²) in [6, 6.07) is 72.1. The van der Waals surface area contributed by atoms with E-state index in [1.807, 2.05) is 24.3 Å². The minimum Gasteiger partial charge on any atom is -0.438 e. The lowest BCUT2D eigenvalue weighted by atomic mass is 9.98. The van der Waals surface area contributed by atoms with Gasteiger partial charge in [-0.05, 0) is 59.0 Å². The molecule has 0 aliphatic carbocycles. The molecule has 5 heteroatoms. The Morgan fingerprint density at radius 2 is 0.917 bits per heavy atom. The minimum atomic E-state index is 0.639. The SMILES string of the molecule is c1ccc(-c2cccc(-c3cc(-c4ccc(-c5nc6oc7ccccc7c6c6ccccc56)cc4)nc(-c4cccc(-n5c6ccccc6c6ccccc65)c4)n3)c2)cc1. The van der Waals surface area contributed by atoms with Gasteiger partial charge in [0.1, 0.15) is 5.58 Å². The molecule has 8 aromatic carbocycles. The second-order valence-corrected chi connectivity index (χ2v) is 15.2. The van der Waals surface area contributed by atoms with Crippen molar-refractivity contribution in [3.63, 3.8) is 0 Å². The van der Waals surface area contributed by atoms with Gasteiger partial charge >= 0.3 is 0 Å². The first-order chi connectivity index (χ1) is 29.7. The van der Waals surface area contributed by atoms with Crippen LogP contribution in [0.1, 0.15) is 0 Å². The molecular weight excluding hydrogens is 733 g/mol. The van der Waals surface area contributed by atoms with Gasteiger partial charge in [-0.3, -0.25) is 0 Å². The van der Waals surface area contributed by atoms with E-state index >= 15 is 0 Å². The van der Waals surface area contributed by atoms with Gasteiger partial charge in [-0.1, -0.05) is 164 Å². The molecule has 0 saturated heterocycles. The highest BCUT2D eigenvalue weighted by atomic mass is 16.3.